The average molecular weight is 172 g/mol. The van der Waals surface area contributed by atoms with Crippen LogP contribution in [0.15, 0.2) is 30.3 Å². The van der Waals surface area contributed by atoms with Gasteiger partial charge in [-0.15, -0.1) is 0 Å². The van der Waals surface area contributed by atoms with E-state index < -0.39 is 0 Å². The van der Waals surface area contributed by atoms with E-state index in [2.05, 4.69) is 50.3 Å². The molecule has 0 amide bonds. The van der Waals surface area contributed by atoms with E-state index in [1.54, 1.807) is 0 Å². The van der Waals surface area contributed by atoms with Gasteiger partial charge in [0, 0.05) is 0 Å². The van der Waals surface area contributed by atoms with Crippen LogP contribution in [0.25, 0.3) is 6.08 Å². The molecular weight excluding hydrogens is 156 g/mol. The highest BCUT2D eigenvalue weighted by Crippen LogP contribution is 2.32. The Morgan fingerprint density at radius 3 is 2.77 bits per heavy atom. The fraction of sp³-hybridized carbons (Fsp3) is 0.385. The molecule has 0 aromatic heterocycles. The zero-order chi connectivity index (χ0) is 9.26. The summed E-state index contributed by atoms with van der Waals surface area (Å²) in [6, 6.07) is 8.72. The van der Waals surface area contributed by atoms with Gasteiger partial charge in [-0.05, 0) is 29.4 Å². The summed E-state index contributed by atoms with van der Waals surface area (Å²) in [6.07, 6.45) is 5.76. The third-order valence-corrected chi connectivity index (χ3v) is 3.15. The molecule has 0 saturated carbocycles. The highest BCUT2D eigenvalue weighted by molar-refractivity contribution is 5.55. The molecule has 0 saturated heterocycles. The highest BCUT2D eigenvalue weighted by atomic mass is 14.2. The van der Waals surface area contributed by atoms with Crippen LogP contribution in [0.2, 0.25) is 0 Å². The fourth-order valence-electron chi connectivity index (χ4n) is 2.00. The van der Waals surface area contributed by atoms with Gasteiger partial charge >= 0.3 is 0 Å². The monoisotopic (exact) mass is 172 g/mol. The lowest BCUT2D eigenvalue weighted by atomic mass is 9.87. The van der Waals surface area contributed by atoms with Crippen LogP contribution in [-0.2, 0) is 0 Å². The second-order valence-electron chi connectivity index (χ2n) is 4.03. The first kappa shape index (κ1) is 8.55. The molecule has 0 spiro atoms. The number of fused-ring (bicyclic) bond motifs is 1. The van der Waals surface area contributed by atoms with Gasteiger partial charge in [0.2, 0.25) is 0 Å². The van der Waals surface area contributed by atoms with Crippen molar-refractivity contribution in [3.63, 3.8) is 0 Å². The molecule has 13 heavy (non-hydrogen) atoms. The van der Waals surface area contributed by atoms with Crippen molar-refractivity contribution in [2.45, 2.75) is 26.2 Å². The van der Waals surface area contributed by atoms with Gasteiger partial charge in [0.15, 0.2) is 0 Å². The number of allylic oxidation sites excluding steroid dienone is 1. The molecule has 0 fully saturated rings. The summed E-state index contributed by atoms with van der Waals surface area (Å²) in [5, 5.41) is 0. The maximum atomic E-state index is 2.33. The minimum Gasteiger partial charge on any atom is -0.0836 e. The summed E-state index contributed by atoms with van der Waals surface area (Å²) >= 11 is 0. The third-order valence-electron chi connectivity index (χ3n) is 3.15. The van der Waals surface area contributed by atoms with Crippen molar-refractivity contribution in [1.82, 2.24) is 0 Å². The van der Waals surface area contributed by atoms with E-state index in [-0.39, 0.29) is 0 Å². The van der Waals surface area contributed by atoms with E-state index >= 15 is 0 Å². The smallest absolute Gasteiger partial charge is 0.0156 e. The first-order valence-electron chi connectivity index (χ1n) is 5.04. The maximum Gasteiger partial charge on any atom is -0.0156 e. The first-order valence-corrected chi connectivity index (χ1v) is 5.04. The van der Waals surface area contributed by atoms with Crippen molar-refractivity contribution in [1.29, 1.82) is 0 Å². The quantitative estimate of drug-likeness (QED) is 0.557. The minimum absolute atomic E-state index is 0.686. The van der Waals surface area contributed by atoms with E-state index in [1.807, 2.05) is 0 Å². The van der Waals surface area contributed by atoms with Crippen molar-refractivity contribution in [3.05, 3.63) is 41.5 Å². The van der Waals surface area contributed by atoms with Gasteiger partial charge in [0.1, 0.15) is 0 Å². The molecule has 0 unspecified atom stereocenters. The van der Waals surface area contributed by atoms with Crippen LogP contribution < -0.4 is 0 Å². The van der Waals surface area contributed by atoms with Crippen LogP contribution in [0.3, 0.4) is 0 Å². The fourth-order valence-corrected chi connectivity index (χ4v) is 2.00. The molecule has 68 valence electrons. The van der Waals surface area contributed by atoms with Crippen molar-refractivity contribution in [3.8, 4) is 0 Å². The standard InChI is InChI=1S/C13H16/c1-10-6-5-8-12-7-3-4-9-13(12)11(10)2/h3-5,7-11H,6H2,1-2H3/t10-,11+/m1/s1. The Bertz CT molecular complexity index is 323. The third kappa shape index (κ3) is 1.53. The van der Waals surface area contributed by atoms with E-state index in [0.717, 1.165) is 5.92 Å². The normalized spacial score (nSPS) is 26.6. The molecule has 1 aliphatic carbocycles. The van der Waals surface area contributed by atoms with Crippen LogP contribution >= 0.6 is 0 Å². The van der Waals surface area contributed by atoms with E-state index in [9.17, 15) is 0 Å². The van der Waals surface area contributed by atoms with Crippen molar-refractivity contribution >= 4 is 6.08 Å². The summed E-state index contributed by atoms with van der Waals surface area (Å²) in [7, 11) is 0. The molecule has 0 radical (unpaired) electrons. The molecule has 2 rings (SSSR count). The second-order valence-corrected chi connectivity index (χ2v) is 4.03. The average Bonchev–Trinajstić information content (AvgIpc) is 2.29. The Kier molecular flexibility index (Phi) is 2.22. The molecule has 1 aromatic rings. The molecule has 0 aliphatic heterocycles. The van der Waals surface area contributed by atoms with Crippen LogP contribution in [0, 0.1) is 5.92 Å². The van der Waals surface area contributed by atoms with Crippen molar-refractivity contribution < 1.29 is 0 Å². The van der Waals surface area contributed by atoms with Crippen LogP contribution in [0.4, 0.5) is 0 Å². The minimum atomic E-state index is 0.686. The summed E-state index contributed by atoms with van der Waals surface area (Å²) in [6.45, 7) is 4.66. The summed E-state index contributed by atoms with van der Waals surface area (Å²) < 4.78 is 0. The molecule has 0 heteroatoms. The number of benzene rings is 1. The highest BCUT2D eigenvalue weighted by Gasteiger charge is 2.17. The largest absolute Gasteiger partial charge is 0.0836 e. The summed E-state index contributed by atoms with van der Waals surface area (Å²) in [5.41, 5.74) is 2.91. The maximum absolute atomic E-state index is 2.33. The molecule has 1 aromatic carbocycles. The Hall–Kier alpha value is -1.04. The Balaban J connectivity index is 2.48. The van der Waals surface area contributed by atoms with Gasteiger partial charge in [0.05, 0.1) is 0 Å². The predicted octanol–water partition coefficient (Wildman–Crippen LogP) is 3.84. The Morgan fingerprint density at radius 2 is 1.92 bits per heavy atom. The number of hydrogen-bond donors (Lipinski definition) is 0. The lowest BCUT2D eigenvalue weighted by Gasteiger charge is -2.18. The number of rotatable bonds is 0. The van der Waals surface area contributed by atoms with Crippen LogP contribution in [0.1, 0.15) is 37.3 Å². The molecule has 0 bridgehead atoms. The van der Waals surface area contributed by atoms with Gasteiger partial charge < -0.3 is 0 Å². The van der Waals surface area contributed by atoms with Gasteiger partial charge in [-0.3, -0.25) is 0 Å². The first-order chi connectivity index (χ1) is 6.29. The van der Waals surface area contributed by atoms with E-state index in [0.29, 0.717) is 5.92 Å². The zero-order valence-corrected chi connectivity index (χ0v) is 8.33. The van der Waals surface area contributed by atoms with Gasteiger partial charge in [-0.1, -0.05) is 50.3 Å². The molecule has 2 atom stereocenters. The lowest BCUT2D eigenvalue weighted by Crippen LogP contribution is -2.04. The van der Waals surface area contributed by atoms with Crippen LogP contribution in [-0.4, -0.2) is 0 Å². The lowest BCUT2D eigenvalue weighted by molar-refractivity contribution is 0.497. The van der Waals surface area contributed by atoms with Crippen molar-refractivity contribution in [2.75, 3.05) is 0 Å². The SMILES string of the molecule is C[C@@H]1CC=Cc2ccccc2[C@H]1C. The summed E-state index contributed by atoms with van der Waals surface area (Å²) in [5.74, 6) is 1.45. The van der Waals surface area contributed by atoms with Crippen molar-refractivity contribution in [2.24, 2.45) is 5.92 Å². The predicted molar refractivity (Wildman–Crippen MR) is 57.7 cm³/mol. The molecule has 0 nitrogen and oxygen atoms in total. The molecule has 0 heterocycles. The van der Waals surface area contributed by atoms with Gasteiger partial charge in [-0.25, -0.2) is 0 Å². The second kappa shape index (κ2) is 3.37. The Labute approximate surface area is 80.3 Å². The molecule has 0 N–H and O–H groups in total. The van der Waals surface area contributed by atoms with E-state index in [1.165, 1.54) is 17.5 Å². The van der Waals surface area contributed by atoms with E-state index in [4.69, 9.17) is 0 Å². The van der Waals surface area contributed by atoms with Crippen LogP contribution in [0.5, 0.6) is 0 Å². The topological polar surface area (TPSA) is 0 Å². The molecular formula is C13H16. The number of hydrogen-bond acceptors (Lipinski definition) is 0. The summed E-state index contributed by atoms with van der Waals surface area (Å²) in [4.78, 5) is 0. The molecule has 1 aliphatic rings. The Morgan fingerprint density at radius 1 is 1.15 bits per heavy atom. The zero-order valence-electron chi connectivity index (χ0n) is 8.33. The van der Waals surface area contributed by atoms with Gasteiger partial charge in [-0.2, -0.15) is 0 Å². The van der Waals surface area contributed by atoms with Gasteiger partial charge in [0.25, 0.3) is 0 Å².